The molecule has 0 radical (unpaired) electrons. The molecule has 0 amide bonds. The quantitative estimate of drug-likeness (QED) is 0.468. The summed E-state index contributed by atoms with van der Waals surface area (Å²) in [5.41, 5.74) is 3.21. The molecule has 0 aromatic heterocycles. The summed E-state index contributed by atoms with van der Waals surface area (Å²) in [5, 5.41) is 1.63. The number of hydrogen-bond acceptors (Lipinski definition) is 0. The van der Waals surface area contributed by atoms with Crippen LogP contribution in [0.15, 0.2) is 24.3 Å². The van der Waals surface area contributed by atoms with E-state index in [1.807, 2.05) is 0 Å². The van der Waals surface area contributed by atoms with Crippen molar-refractivity contribution < 1.29 is 0 Å². The molecule has 0 nitrogen and oxygen atoms in total. The Kier molecular flexibility index (Phi) is 5.05. The standard InChI is InChI=1S/C20H31P/c1-17-13-15-20(16-14-17)21(2,18-9-5-3-6-10-18)19-11-7-4-8-12-19/h13-16,18-19H,2-12H2,1H3. The lowest BCUT2D eigenvalue weighted by atomic mass is 9.99. The first-order valence-corrected chi connectivity index (χ1v) is 11.1. The second-order valence-electron chi connectivity index (χ2n) is 7.35. The van der Waals surface area contributed by atoms with E-state index < -0.39 is 7.26 Å². The molecule has 0 atom stereocenters. The normalized spacial score (nSPS) is 22.4. The third kappa shape index (κ3) is 3.21. The van der Waals surface area contributed by atoms with E-state index in [2.05, 4.69) is 31.2 Å². The van der Waals surface area contributed by atoms with Crippen LogP contribution >= 0.6 is 7.26 Å². The monoisotopic (exact) mass is 302 g/mol. The van der Waals surface area contributed by atoms with Crippen LogP contribution in [0.4, 0.5) is 0 Å². The van der Waals surface area contributed by atoms with E-state index >= 15 is 0 Å². The third-order valence-corrected chi connectivity index (χ3v) is 10.9. The van der Waals surface area contributed by atoms with Gasteiger partial charge >= 0.3 is 0 Å². The summed E-state index contributed by atoms with van der Waals surface area (Å²) >= 11 is 0. The van der Waals surface area contributed by atoms with Gasteiger partial charge in [0.15, 0.2) is 0 Å². The van der Waals surface area contributed by atoms with Crippen LogP contribution in [0.5, 0.6) is 0 Å². The molecule has 116 valence electrons. The zero-order valence-corrected chi connectivity index (χ0v) is 14.6. The van der Waals surface area contributed by atoms with Crippen LogP contribution in [-0.2, 0) is 0 Å². The summed E-state index contributed by atoms with van der Waals surface area (Å²) in [7, 11) is -1.24. The minimum Gasteiger partial charge on any atom is -0.174 e. The Labute approximate surface area is 132 Å². The van der Waals surface area contributed by atoms with Crippen LogP contribution < -0.4 is 5.30 Å². The van der Waals surface area contributed by atoms with E-state index in [1.54, 1.807) is 5.30 Å². The molecule has 21 heavy (non-hydrogen) atoms. The van der Waals surface area contributed by atoms with Gasteiger partial charge in [0.05, 0.1) is 5.30 Å². The summed E-state index contributed by atoms with van der Waals surface area (Å²) in [6, 6.07) is 9.50. The molecule has 0 bridgehead atoms. The van der Waals surface area contributed by atoms with Gasteiger partial charge in [0.1, 0.15) is 0 Å². The molecule has 2 saturated carbocycles. The zero-order chi connectivity index (χ0) is 14.7. The van der Waals surface area contributed by atoms with Crippen molar-refractivity contribution in [1.29, 1.82) is 0 Å². The van der Waals surface area contributed by atoms with Crippen molar-refractivity contribution in [2.45, 2.75) is 82.4 Å². The largest absolute Gasteiger partial charge is 0.174 e. The average molecular weight is 302 g/mol. The molecule has 1 heteroatoms. The zero-order valence-electron chi connectivity index (χ0n) is 13.7. The highest BCUT2D eigenvalue weighted by atomic mass is 31.2. The molecule has 1 aromatic carbocycles. The van der Waals surface area contributed by atoms with Crippen molar-refractivity contribution in [3.63, 3.8) is 0 Å². The minimum absolute atomic E-state index is 0.914. The number of rotatable bonds is 3. The van der Waals surface area contributed by atoms with Gasteiger partial charge in [-0.1, -0.05) is 37.8 Å². The molecule has 0 heterocycles. The van der Waals surface area contributed by atoms with Crippen molar-refractivity contribution in [1.82, 2.24) is 0 Å². The van der Waals surface area contributed by atoms with Crippen LogP contribution in [0.2, 0.25) is 0 Å². The lowest BCUT2D eigenvalue weighted by molar-refractivity contribution is 0.483. The molecule has 0 spiro atoms. The molecule has 2 aliphatic carbocycles. The first kappa shape index (κ1) is 15.5. The molecule has 2 aliphatic rings. The fraction of sp³-hybridized carbons (Fsp3) is 0.650. The summed E-state index contributed by atoms with van der Waals surface area (Å²) in [5.74, 6) is 0. The van der Waals surface area contributed by atoms with Gasteiger partial charge in [-0.15, -0.1) is 0 Å². The number of aryl methyl sites for hydroxylation is 1. The van der Waals surface area contributed by atoms with Crippen molar-refractivity contribution in [2.24, 2.45) is 0 Å². The van der Waals surface area contributed by atoms with Crippen molar-refractivity contribution >= 4 is 12.6 Å². The van der Waals surface area contributed by atoms with E-state index in [0.717, 1.165) is 11.3 Å². The van der Waals surface area contributed by atoms with E-state index in [4.69, 9.17) is 6.66 Å². The smallest absolute Gasteiger partial charge is 0.0651 e. The molecule has 0 aliphatic heterocycles. The maximum absolute atomic E-state index is 5.03. The average Bonchev–Trinajstić information content (AvgIpc) is 2.56. The lowest BCUT2D eigenvalue weighted by Gasteiger charge is -2.46. The Morgan fingerprint density at radius 2 is 1.19 bits per heavy atom. The van der Waals surface area contributed by atoms with Gasteiger partial charge in [-0.05, 0) is 70.4 Å². The third-order valence-electron chi connectivity index (χ3n) is 5.97. The molecule has 2 fully saturated rings. The maximum Gasteiger partial charge on any atom is 0.0651 e. The van der Waals surface area contributed by atoms with Gasteiger partial charge in [-0.3, -0.25) is 0 Å². The topological polar surface area (TPSA) is 0 Å². The van der Waals surface area contributed by atoms with Crippen LogP contribution in [0.25, 0.3) is 0 Å². The molecule has 3 rings (SSSR count). The van der Waals surface area contributed by atoms with E-state index in [0.29, 0.717) is 0 Å². The predicted molar refractivity (Wildman–Crippen MR) is 96.8 cm³/mol. The van der Waals surface area contributed by atoms with Crippen molar-refractivity contribution in [2.75, 3.05) is 0 Å². The highest BCUT2D eigenvalue weighted by molar-refractivity contribution is 7.85. The molecular formula is C20H31P. The molecular weight excluding hydrogens is 271 g/mol. The number of hydrogen-bond donors (Lipinski definition) is 0. The highest BCUT2D eigenvalue weighted by Gasteiger charge is 2.44. The highest BCUT2D eigenvalue weighted by Crippen LogP contribution is 2.70. The fourth-order valence-electron chi connectivity index (χ4n) is 4.63. The Hall–Kier alpha value is -0.350. The van der Waals surface area contributed by atoms with Gasteiger partial charge in [0.2, 0.25) is 0 Å². The van der Waals surface area contributed by atoms with Gasteiger partial charge in [-0.25, -0.2) is 0 Å². The Morgan fingerprint density at radius 1 is 0.762 bits per heavy atom. The maximum atomic E-state index is 5.03. The van der Waals surface area contributed by atoms with Crippen molar-refractivity contribution in [3.8, 4) is 0 Å². The second-order valence-corrected chi connectivity index (χ2v) is 11.2. The Bertz CT molecular complexity index is 417. The molecule has 0 saturated heterocycles. The molecule has 0 N–H and O–H groups in total. The van der Waals surface area contributed by atoms with Crippen LogP contribution in [0.1, 0.15) is 69.8 Å². The first-order valence-electron chi connectivity index (χ1n) is 9.01. The Balaban J connectivity index is 1.93. The van der Waals surface area contributed by atoms with Gasteiger partial charge < -0.3 is 0 Å². The number of benzene rings is 1. The van der Waals surface area contributed by atoms with Crippen molar-refractivity contribution in [3.05, 3.63) is 36.5 Å². The summed E-state index contributed by atoms with van der Waals surface area (Å²) in [6.07, 6.45) is 14.5. The minimum atomic E-state index is -1.24. The van der Waals surface area contributed by atoms with E-state index in [1.165, 1.54) is 69.8 Å². The van der Waals surface area contributed by atoms with Gasteiger partial charge in [-0.2, -0.15) is 6.66 Å². The van der Waals surface area contributed by atoms with Crippen LogP contribution in [0.3, 0.4) is 0 Å². The molecule has 0 unspecified atom stereocenters. The van der Waals surface area contributed by atoms with Gasteiger partial charge in [0, 0.05) is 11.3 Å². The summed E-state index contributed by atoms with van der Waals surface area (Å²) in [6.45, 7) is 7.23. The fourth-order valence-corrected chi connectivity index (χ4v) is 9.34. The predicted octanol–water partition coefficient (Wildman–Crippen LogP) is 6.09. The van der Waals surface area contributed by atoms with E-state index in [-0.39, 0.29) is 0 Å². The molecule has 1 aromatic rings. The second kappa shape index (κ2) is 6.82. The van der Waals surface area contributed by atoms with Gasteiger partial charge in [0.25, 0.3) is 0 Å². The SMILES string of the molecule is [CH2-][P+](c1ccc(C)cc1)(C1CCCCC1)C1CCCCC1. The summed E-state index contributed by atoms with van der Waals surface area (Å²) < 4.78 is 0. The first-order chi connectivity index (χ1) is 10.2. The summed E-state index contributed by atoms with van der Waals surface area (Å²) in [4.78, 5) is 0. The Morgan fingerprint density at radius 3 is 1.62 bits per heavy atom. The van der Waals surface area contributed by atoms with E-state index in [9.17, 15) is 0 Å². The van der Waals surface area contributed by atoms with Crippen LogP contribution in [-0.4, -0.2) is 11.3 Å². The van der Waals surface area contributed by atoms with Crippen LogP contribution in [0, 0.1) is 13.6 Å². The lowest BCUT2D eigenvalue weighted by Crippen LogP contribution is -2.32.